The highest BCUT2D eigenvalue weighted by Gasteiger charge is 2.19. The van der Waals surface area contributed by atoms with Gasteiger partial charge in [-0.05, 0) is 57.8 Å². The number of carbonyl (C=O) groups is 3. The lowest BCUT2D eigenvalue weighted by molar-refractivity contribution is -0.167. The van der Waals surface area contributed by atoms with Crippen LogP contribution < -0.4 is 0 Å². The molecule has 0 bridgehead atoms. The smallest absolute Gasteiger partial charge is 0.306 e. The molecule has 0 rings (SSSR count). The van der Waals surface area contributed by atoms with Crippen molar-refractivity contribution in [3.05, 3.63) is 60.8 Å². The van der Waals surface area contributed by atoms with Crippen LogP contribution in [0.3, 0.4) is 0 Å². The minimum Gasteiger partial charge on any atom is -0.462 e. The highest BCUT2D eigenvalue weighted by molar-refractivity contribution is 5.71. The molecule has 0 heterocycles. The van der Waals surface area contributed by atoms with Crippen molar-refractivity contribution in [3.8, 4) is 0 Å². The first kappa shape index (κ1) is 80.1. The lowest BCUT2D eigenvalue weighted by Gasteiger charge is -2.18. The molecule has 1 unspecified atom stereocenters. The SMILES string of the molecule is CC/C=C\C/C=C\C/C=C\C/C=C\C/C=C\CCCC(=O)OCC(COC(=O)CCCCCCCCCCCCCCCCCCCCCCCCCCCCCCC)OC(=O)CCCCCCCCCCCCCCCCCCCCC. The molecule has 6 nitrogen and oxygen atoms in total. The van der Waals surface area contributed by atoms with Crippen LogP contribution in [-0.2, 0) is 28.6 Å². The van der Waals surface area contributed by atoms with Crippen LogP contribution in [-0.4, -0.2) is 37.2 Å². The minimum atomic E-state index is -0.796. The van der Waals surface area contributed by atoms with Crippen LogP contribution in [0.25, 0.3) is 0 Å². The van der Waals surface area contributed by atoms with Crippen molar-refractivity contribution in [1.29, 1.82) is 0 Å². The first-order valence-electron chi connectivity index (χ1n) is 36.8. The van der Waals surface area contributed by atoms with Crippen LogP contribution in [0, 0.1) is 0 Å². The van der Waals surface area contributed by atoms with Crippen LogP contribution in [0.2, 0.25) is 0 Å². The van der Waals surface area contributed by atoms with E-state index in [0.29, 0.717) is 19.3 Å². The van der Waals surface area contributed by atoms with Gasteiger partial charge in [-0.2, -0.15) is 0 Å². The Balaban J connectivity index is 4.27. The van der Waals surface area contributed by atoms with Crippen LogP contribution in [0.4, 0.5) is 0 Å². The molecule has 0 aromatic heterocycles. The molecule has 0 N–H and O–H groups in total. The summed E-state index contributed by atoms with van der Waals surface area (Å²) < 4.78 is 17.0. The van der Waals surface area contributed by atoms with Crippen molar-refractivity contribution < 1.29 is 28.6 Å². The Labute approximate surface area is 517 Å². The molecule has 6 heteroatoms. The summed E-state index contributed by atoms with van der Waals surface area (Å²) in [5.41, 5.74) is 0. The van der Waals surface area contributed by atoms with Crippen LogP contribution in [0.15, 0.2) is 60.8 Å². The fourth-order valence-corrected chi connectivity index (χ4v) is 11.1. The summed E-state index contributed by atoms with van der Waals surface area (Å²) in [6.07, 6.45) is 92.8. The Bertz CT molecular complexity index is 1470. The van der Waals surface area contributed by atoms with E-state index in [2.05, 4.69) is 81.5 Å². The fourth-order valence-electron chi connectivity index (χ4n) is 11.1. The van der Waals surface area contributed by atoms with Crippen LogP contribution in [0.5, 0.6) is 0 Å². The first-order chi connectivity index (χ1) is 41.0. The van der Waals surface area contributed by atoms with E-state index in [9.17, 15) is 14.4 Å². The maximum Gasteiger partial charge on any atom is 0.306 e. The van der Waals surface area contributed by atoms with E-state index in [-0.39, 0.29) is 37.5 Å². The molecule has 1 atom stereocenters. The average Bonchev–Trinajstić information content (AvgIpc) is 3.50. The molecule has 83 heavy (non-hydrogen) atoms. The number of esters is 3. The number of rotatable bonds is 68. The summed E-state index contributed by atoms with van der Waals surface area (Å²) in [6.45, 7) is 6.56. The quantitative estimate of drug-likeness (QED) is 0.0261. The number of hydrogen-bond acceptors (Lipinski definition) is 6. The Morgan fingerprint density at radius 2 is 0.470 bits per heavy atom. The summed E-state index contributed by atoms with van der Waals surface area (Å²) in [6, 6.07) is 0. The maximum atomic E-state index is 13.0. The molecule has 0 radical (unpaired) electrons. The Morgan fingerprint density at radius 1 is 0.253 bits per heavy atom. The minimum absolute atomic E-state index is 0.0867. The second-order valence-electron chi connectivity index (χ2n) is 24.8. The molecule has 0 aromatic rings. The van der Waals surface area contributed by atoms with Crippen molar-refractivity contribution in [1.82, 2.24) is 0 Å². The summed E-state index contributed by atoms with van der Waals surface area (Å²) >= 11 is 0. The van der Waals surface area contributed by atoms with Gasteiger partial charge in [0.25, 0.3) is 0 Å². The van der Waals surface area contributed by atoms with Crippen LogP contribution in [0.1, 0.15) is 393 Å². The molecule has 0 aliphatic carbocycles. The van der Waals surface area contributed by atoms with Crippen LogP contribution >= 0.6 is 0 Å². The summed E-state index contributed by atoms with van der Waals surface area (Å²) in [5.74, 6) is -0.920. The van der Waals surface area contributed by atoms with Gasteiger partial charge in [0, 0.05) is 19.3 Å². The van der Waals surface area contributed by atoms with Gasteiger partial charge in [0.2, 0.25) is 0 Å². The maximum absolute atomic E-state index is 13.0. The van der Waals surface area contributed by atoms with Gasteiger partial charge in [0.1, 0.15) is 13.2 Å². The lowest BCUT2D eigenvalue weighted by Crippen LogP contribution is -2.30. The predicted octanol–water partition coefficient (Wildman–Crippen LogP) is 25.5. The zero-order valence-corrected chi connectivity index (χ0v) is 55.7. The summed E-state index contributed by atoms with van der Waals surface area (Å²) in [4.78, 5) is 38.5. The van der Waals surface area contributed by atoms with Gasteiger partial charge in [-0.1, -0.05) is 377 Å². The van der Waals surface area contributed by atoms with Gasteiger partial charge in [-0.3, -0.25) is 14.4 Å². The molecular weight excluding hydrogens is 1020 g/mol. The molecule has 0 amide bonds. The van der Waals surface area contributed by atoms with Gasteiger partial charge in [0.15, 0.2) is 6.10 Å². The van der Waals surface area contributed by atoms with Gasteiger partial charge in [-0.25, -0.2) is 0 Å². The number of ether oxygens (including phenoxy) is 3. The highest BCUT2D eigenvalue weighted by Crippen LogP contribution is 2.19. The van der Waals surface area contributed by atoms with Gasteiger partial charge in [-0.15, -0.1) is 0 Å². The normalized spacial score (nSPS) is 12.4. The third-order valence-electron chi connectivity index (χ3n) is 16.5. The van der Waals surface area contributed by atoms with Crippen molar-refractivity contribution in [2.75, 3.05) is 13.2 Å². The largest absolute Gasteiger partial charge is 0.462 e. The van der Waals surface area contributed by atoms with E-state index in [1.165, 1.54) is 270 Å². The van der Waals surface area contributed by atoms with E-state index in [1.807, 2.05) is 0 Å². The standard InChI is InChI=1S/C77H140O6/c1-4-7-10-13-16-19-22-25-28-31-33-34-35-36-37-38-39-40-41-42-44-46-49-52-55-58-61-64-67-70-76(79)82-73-74(72-81-75(78)69-66-63-60-57-54-51-48-45-30-27-24-21-18-15-12-9-6-3)83-77(80)71-68-65-62-59-56-53-50-47-43-32-29-26-23-20-17-14-11-8-5-2/h9,12,18,21,27,30,48,51,57,60,74H,4-8,10-11,13-17,19-20,22-26,28-29,31-47,49-50,52-56,58-59,61-73H2,1-3H3/b12-9-,21-18-,30-27-,51-48-,60-57-. The summed E-state index contributed by atoms with van der Waals surface area (Å²) in [7, 11) is 0. The van der Waals surface area contributed by atoms with Crippen molar-refractivity contribution in [3.63, 3.8) is 0 Å². The monoisotopic (exact) mass is 1160 g/mol. The molecule has 0 saturated heterocycles. The second kappa shape index (κ2) is 71.6. The molecule has 0 aliphatic heterocycles. The summed E-state index contributed by atoms with van der Waals surface area (Å²) in [5, 5.41) is 0. The van der Waals surface area contributed by atoms with Gasteiger partial charge < -0.3 is 14.2 Å². The number of hydrogen-bond donors (Lipinski definition) is 0. The van der Waals surface area contributed by atoms with E-state index in [4.69, 9.17) is 14.2 Å². The molecular formula is C77H140O6. The van der Waals surface area contributed by atoms with E-state index in [0.717, 1.165) is 77.0 Å². The Morgan fingerprint density at radius 3 is 0.735 bits per heavy atom. The molecule has 0 aromatic carbocycles. The highest BCUT2D eigenvalue weighted by atomic mass is 16.6. The topological polar surface area (TPSA) is 78.9 Å². The molecule has 0 spiro atoms. The number of unbranched alkanes of at least 4 members (excludes halogenated alkanes) is 47. The third-order valence-corrected chi connectivity index (χ3v) is 16.5. The molecule has 0 aliphatic rings. The Hall–Kier alpha value is -2.89. The first-order valence-corrected chi connectivity index (χ1v) is 36.8. The van der Waals surface area contributed by atoms with Crippen molar-refractivity contribution in [2.24, 2.45) is 0 Å². The zero-order valence-electron chi connectivity index (χ0n) is 55.7. The third kappa shape index (κ3) is 69.8. The molecule has 0 fully saturated rings. The van der Waals surface area contributed by atoms with Crippen molar-refractivity contribution in [2.45, 2.75) is 399 Å². The average molecular weight is 1160 g/mol. The van der Waals surface area contributed by atoms with E-state index < -0.39 is 6.10 Å². The second-order valence-corrected chi connectivity index (χ2v) is 24.8. The fraction of sp³-hybridized carbons (Fsp3) is 0.831. The van der Waals surface area contributed by atoms with Gasteiger partial charge in [0.05, 0.1) is 0 Å². The Kier molecular flexibility index (Phi) is 69.1. The van der Waals surface area contributed by atoms with E-state index >= 15 is 0 Å². The molecule has 0 saturated carbocycles. The van der Waals surface area contributed by atoms with Gasteiger partial charge >= 0.3 is 17.9 Å². The molecule has 484 valence electrons. The number of carbonyl (C=O) groups excluding carboxylic acids is 3. The zero-order chi connectivity index (χ0) is 59.9. The van der Waals surface area contributed by atoms with E-state index in [1.54, 1.807) is 0 Å². The van der Waals surface area contributed by atoms with Crippen molar-refractivity contribution >= 4 is 17.9 Å². The lowest BCUT2D eigenvalue weighted by atomic mass is 10.0. The number of allylic oxidation sites excluding steroid dienone is 10. The predicted molar refractivity (Wildman–Crippen MR) is 362 cm³/mol.